The second-order valence-electron chi connectivity index (χ2n) is 9.32. The second-order valence-corrected chi connectivity index (χ2v) is 9.32. The predicted octanol–water partition coefficient (Wildman–Crippen LogP) is 3.25. The van der Waals surface area contributed by atoms with Crippen LogP contribution in [0.1, 0.15) is 53.9 Å². The van der Waals surface area contributed by atoms with Crippen LogP contribution >= 0.6 is 0 Å². The van der Waals surface area contributed by atoms with E-state index in [1.54, 1.807) is 18.7 Å². The Hall–Kier alpha value is -0.960. The molecule has 1 aliphatic carbocycles. The number of carbonyl (C=O) groups excluding carboxylic acids is 1. The van der Waals surface area contributed by atoms with E-state index in [1.807, 2.05) is 20.8 Å². The number of halogens is 1. The largest absolute Gasteiger partial charge is 0.444 e. The van der Waals surface area contributed by atoms with Crippen LogP contribution in [0.15, 0.2) is 0 Å². The molecule has 0 aromatic carbocycles. The van der Waals surface area contributed by atoms with Gasteiger partial charge in [0.15, 0.2) is 0 Å². The number of hydrogen-bond acceptors (Lipinski definition) is 6. The highest BCUT2D eigenvalue weighted by Gasteiger charge is 2.68. The molecule has 5 atom stereocenters. The lowest BCUT2D eigenvalue weighted by atomic mass is 9.79. The summed E-state index contributed by atoms with van der Waals surface area (Å²) in [7, 11) is 3.06. The fourth-order valence-electron chi connectivity index (χ4n) is 4.62. The fraction of sp³-hybridized carbons (Fsp3) is 0.950. The number of piperidine rings is 1. The van der Waals surface area contributed by atoms with Crippen LogP contribution in [0.4, 0.5) is 9.18 Å². The number of likely N-dealkylation sites (tertiary alicyclic amines) is 1. The highest BCUT2D eigenvalue weighted by molar-refractivity contribution is 5.70. The number of amides is 1. The number of alkyl halides is 1. The number of carbonyl (C=O) groups is 1. The Morgan fingerprint density at radius 3 is 2.18 bits per heavy atom. The molecule has 1 saturated carbocycles. The number of nitrogens with zero attached hydrogens (tertiary/aromatic N) is 1. The number of hydrogen-bond donors (Lipinski definition) is 0. The van der Waals surface area contributed by atoms with Gasteiger partial charge in [0.05, 0.1) is 24.9 Å². The first-order valence-electron chi connectivity index (χ1n) is 9.98. The molecular weight excluding hydrogens is 369 g/mol. The summed E-state index contributed by atoms with van der Waals surface area (Å²) in [4.78, 5) is 14.7. The standard InChI is InChI=1S/C20H34FNO6/c1-17(2,3)28-16(23)22-12-14-15(13(8-11-21)20(22)9-10-20)27-19(5,25-7)18(4,24-6)26-14/h13-15H,8-12H2,1-7H3/t13-,14-,15-,18+,19+/m1/s1. The molecule has 3 rings (SSSR count). The Morgan fingerprint density at radius 2 is 1.71 bits per heavy atom. The van der Waals surface area contributed by atoms with E-state index in [1.165, 1.54) is 14.2 Å². The van der Waals surface area contributed by atoms with Crippen LogP contribution in [0.5, 0.6) is 0 Å². The molecule has 3 fully saturated rings. The molecule has 8 heteroatoms. The maximum atomic E-state index is 13.5. The summed E-state index contributed by atoms with van der Waals surface area (Å²) in [6, 6.07) is 0. The van der Waals surface area contributed by atoms with Crippen molar-refractivity contribution in [3.05, 3.63) is 0 Å². The molecule has 2 heterocycles. The minimum absolute atomic E-state index is 0.209. The minimum atomic E-state index is -1.17. The van der Waals surface area contributed by atoms with Crippen LogP contribution in [0.3, 0.4) is 0 Å². The summed E-state index contributed by atoms with van der Waals surface area (Å²) in [5.41, 5.74) is -1.06. The fourth-order valence-corrected chi connectivity index (χ4v) is 4.62. The van der Waals surface area contributed by atoms with Gasteiger partial charge < -0.3 is 23.7 Å². The van der Waals surface area contributed by atoms with Gasteiger partial charge in [-0.1, -0.05) is 0 Å². The maximum absolute atomic E-state index is 13.5. The van der Waals surface area contributed by atoms with Gasteiger partial charge in [-0.25, -0.2) is 4.79 Å². The summed E-state index contributed by atoms with van der Waals surface area (Å²) in [5.74, 6) is -2.53. The topological polar surface area (TPSA) is 66.5 Å². The van der Waals surface area contributed by atoms with Crippen molar-refractivity contribution in [3.8, 4) is 0 Å². The Kier molecular flexibility index (Phi) is 5.49. The Morgan fingerprint density at radius 1 is 1.14 bits per heavy atom. The van der Waals surface area contributed by atoms with Gasteiger partial charge in [-0.3, -0.25) is 9.29 Å². The molecule has 2 saturated heterocycles. The van der Waals surface area contributed by atoms with Crippen molar-refractivity contribution in [2.45, 2.75) is 88.8 Å². The Balaban J connectivity index is 1.94. The van der Waals surface area contributed by atoms with Gasteiger partial charge in [-0.05, 0) is 53.9 Å². The van der Waals surface area contributed by atoms with Crippen molar-refractivity contribution >= 4 is 6.09 Å². The lowest BCUT2D eigenvalue weighted by Gasteiger charge is -2.58. The van der Waals surface area contributed by atoms with Crippen molar-refractivity contribution in [2.75, 3.05) is 27.4 Å². The Bertz CT molecular complexity index is 606. The summed E-state index contributed by atoms with van der Waals surface area (Å²) in [5, 5.41) is 0. The van der Waals surface area contributed by atoms with Crippen molar-refractivity contribution in [1.82, 2.24) is 4.90 Å². The third kappa shape index (κ3) is 3.42. The lowest BCUT2D eigenvalue weighted by Crippen LogP contribution is -2.73. The third-order valence-electron chi connectivity index (χ3n) is 6.49. The number of rotatable bonds is 4. The van der Waals surface area contributed by atoms with Crippen LogP contribution < -0.4 is 0 Å². The molecule has 7 nitrogen and oxygen atoms in total. The van der Waals surface area contributed by atoms with Crippen molar-refractivity contribution < 1.29 is 32.9 Å². The van der Waals surface area contributed by atoms with E-state index < -0.39 is 47.7 Å². The van der Waals surface area contributed by atoms with Crippen LogP contribution in [0, 0.1) is 5.92 Å². The van der Waals surface area contributed by atoms with E-state index >= 15 is 0 Å². The van der Waals surface area contributed by atoms with Crippen LogP contribution in [-0.2, 0) is 23.7 Å². The van der Waals surface area contributed by atoms with E-state index in [4.69, 9.17) is 23.7 Å². The molecule has 0 aromatic rings. The molecule has 0 N–H and O–H groups in total. The first-order chi connectivity index (χ1) is 13.0. The van der Waals surface area contributed by atoms with Crippen LogP contribution in [0.2, 0.25) is 0 Å². The number of fused-ring (bicyclic) bond motifs is 1. The zero-order chi connectivity index (χ0) is 21.0. The van der Waals surface area contributed by atoms with Gasteiger partial charge in [-0.2, -0.15) is 0 Å². The van der Waals surface area contributed by atoms with Gasteiger partial charge in [0.1, 0.15) is 11.7 Å². The molecule has 162 valence electrons. The summed E-state index contributed by atoms with van der Waals surface area (Å²) in [6.07, 6.45) is 0.625. The van der Waals surface area contributed by atoms with E-state index in [9.17, 15) is 9.18 Å². The second kappa shape index (κ2) is 7.07. The molecule has 28 heavy (non-hydrogen) atoms. The SMILES string of the molecule is CO[C@@]1(C)O[C@@H]2[C@@H](CCF)C3(CC3)N(C(=O)OC(C)(C)C)C[C@H]2O[C@]1(C)OC. The molecule has 0 bridgehead atoms. The van der Waals surface area contributed by atoms with Crippen molar-refractivity contribution in [1.29, 1.82) is 0 Å². The molecule has 1 amide bonds. The zero-order valence-corrected chi connectivity index (χ0v) is 18.0. The third-order valence-corrected chi connectivity index (χ3v) is 6.49. The molecule has 0 radical (unpaired) electrons. The molecule has 1 spiro atoms. The van der Waals surface area contributed by atoms with Crippen molar-refractivity contribution in [3.63, 3.8) is 0 Å². The van der Waals surface area contributed by atoms with Gasteiger partial charge in [0.2, 0.25) is 11.6 Å². The number of methoxy groups -OCH3 is 2. The van der Waals surface area contributed by atoms with Gasteiger partial charge in [0, 0.05) is 20.1 Å². The van der Waals surface area contributed by atoms with E-state index in [2.05, 4.69) is 0 Å². The van der Waals surface area contributed by atoms with Crippen molar-refractivity contribution in [2.24, 2.45) is 5.92 Å². The molecule has 2 aliphatic heterocycles. The molecule has 0 aromatic heterocycles. The molecule has 3 aliphatic rings. The highest BCUT2D eigenvalue weighted by Crippen LogP contribution is 2.57. The smallest absolute Gasteiger partial charge is 0.410 e. The maximum Gasteiger partial charge on any atom is 0.410 e. The number of ether oxygens (including phenoxy) is 5. The van der Waals surface area contributed by atoms with Gasteiger partial charge in [-0.15, -0.1) is 0 Å². The molecule has 0 unspecified atom stereocenters. The summed E-state index contributed by atoms with van der Waals surface area (Å²) < 4.78 is 43.0. The first-order valence-corrected chi connectivity index (χ1v) is 9.98. The first kappa shape index (κ1) is 21.7. The van der Waals surface area contributed by atoms with Crippen LogP contribution in [0.25, 0.3) is 0 Å². The quantitative estimate of drug-likeness (QED) is 0.718. The van der Waals surface area contributed by atoms with Gasteiger partial charge >= 0.3 is 6.09 Å². The Labute approximate surface area is 166 Å². The predicted molar refractivity (Wildman–Crippen MR) is 99.6 cm³/mol. The molecular formula is C20H34FNO6. The van der Waals surface area contributed by atoms with Crippen LogP contribution in [-0.4, -0.2) is 73.4 Å². The minimum Gasteiger partial charge on any atom is -0.444 e. The zero-order valence-electron chi connectivity index (χ0n) is 18.0. The average Bonchev–Trinajstić information content (AvgIpc) is 3.39. The summed E-state index contributed by atoms with van der Waals surface area (Å²) in [6.45, 7) is 8.83. The monoisotopic (exact) mass is 403 g/mol. The van der Waals surface area contributed by atoms with E-state index in [-0.39, 0.29) is 12.3 Å². The van der Waals surface area contributed by atoms with Gasteiger partial charge in [0.25, 0.3) is 0 Å². The van der Waals surface area contributed by atoms with E-state index in [0.29, 0.717) is 6.54 Å². The highest BCUT2D eigenvalue weighted by atomic mass is 19.1. The summed E-state index contributed by atoms with van der Waals surface area (Å²) >= 11 is 0. The van der Waals surface area contributed by atoms with E-state index in [0.717, 1.165) is 12.8 Å². The average molecular weight is 403 g/mol. The lowest BCUT2D eigenvalue weighted by molar-refractivity contribution is -0.458. The normalized spacial score (nSPS) is 39.6.